The molecule has 0 saturated carbocycles. The van der Waals surface area contributed by atoms with Crippen LogP contribution in [0.25, 0.3) is 0 Å². The average molecular weight is 271 g/mol. The van der Waals surface area contributed by atoms with Gasteiger partial charge in [0.05, 0.1) is 12.6 Å². The van der Waals surface area contributed by atoms with E-state index in [1.54, 1.807) is 12.1 Å². The number of hydrogen-bond donors (Lipinski definition) is 2. The van der Waals surface area contributed by atoms with Crippen LogP contribution in [0.3, 0.4) is 0 Å². The van der Waals surface area contributed by atoms with Crippen LogP contribution in [0.4, 0.5) is 4.39 Å². The summed E-state index contributed by atoms with van der Waals surface area (Å²) in [5.41, 5.74) is 0. The van der Waals surface area contributed by atoms with Crippen LogP contribution < -0.4 is 5.32 Å². The van der Waals surface area contributed by atoms with Crippen molar-refractivity contribution in [3.05, 3.63) is 30.1 Å². The Hall–Kier alpha value is -1.07. The molecule has 0 heterocycles. The lowest BCUT2D eigenvalue weighted by Crippen LogP contribution is -2.37. The zero-order valence-electron chi connectivity index (χ0n) is 10.4. The van der Waals surface area contributed by atoms with E-state index in [0.717, 1.165) is 4.90 Å². The summed E-state index contributed by atoms with van der Waals surface area (Å²) in [5, 5.41) is 11.7. The Bertz CT molecular complexity index is 366. The number of carbonyl (C=O) groups excluding carboxylic acids is 1. The van der Waals surface area contributed by atoms with Gasteiger partial charge in [-0.05, 0) is 30.7 Å². The SMILES string of the molecule is CCC(CO)NC(=O)CCSc1ccc(F)cc1. The molecule has 1 amide bonds. The minimum atomic E-state index is -0.258. The van der Waals surface area contributed by atoms with Gasteiger partial charge < -0.3 is 10.4 Å². The minimum absolute atomic E-state index is 0.0344. The molecular weight excluding hydrogens is 253 g/mol. The maximum atomic E-state index is 12.7. The standard InChI is InChI=1S/C13H18FNO2S/c1-2-11(9-16)15-13(17)7-8-18-12-5-3-10(14)4-6-12/h3-6,11,16H,2,7-9H2,1H3,(H,15,17). The Kier molecular flexibility index (Phi) is 6.75. The van der Waals surface area contributed by atoms with Crippen LogP contribution in [0.2, 0.25) is 0 Å². The van der Waals surface area contributed by atoms with Gasteiger partial charge in [-0.1, -0.05) is 6.92 Å². The molecule has 0 aliphatic carbocycles. The molecule has 0 bridgehead atoms. The van der Waals surface area contributed by atoms with Crippen LogP contribution in [-0.4, -0.2) is 29.4 Å². The lowest BCUT2D eigenvalue weighted by molar-refractivity contribution is -0.121. The monoisotopic (exact) mass is 271 g/mol. The van der Waals surface area contributed by atoms with Crippen molar-refractivity contribution >= 4 is 17.7 Å². The number of carbonyl (C=O) groups is 1. The van der Waals surface area contributed by atoms with Crippen molar-refractivity contribution in [1.82, 2.24) is 5.32 Å². The molecule has 0 saturated heterocycles. The average Bonchev–Trinajstić information content (AvgIpc) is 2.38. The van der Waals surface area contributed by atoms with Crippen LogP contribution in [0.1, 0.15) is 19.8 Å². The fourth-order valence-corrected chi connectivity index (χ4v) is 2.22. The van der Waals surface area contributed by atoms with Crippen molar-refractivity contribution in [2.75, 3.05) is 12.4 Å². The number of benzene rings is 1. The van der Waals surface area contributed by atoms with Crippen molar-refractivity contribution in [3.8, 4) is 0 Å². The van der Waals surface area contributed by atoms with Gasteiger partial charge >= 0.3 is 0 Å². The first-order chi connectivity index (χ1) is 8.65. The third-order valence-corrected chi connectivity index (χ3v) is 3.50. The molecule has 1 unspecified atom stereocenters. The molecule has 3 nitrogen and oxygen atoms in total. The highest BCUT2D eigenvalue weighted by Crippen LogP contribution is 2.18. The van der Waals surface area contributed by atoms with E-state index in [-0.39, 0.29) is 24.4 Å². The van der Waals surface area contributed by atoms with Gasteiger partial charge in [0, 0.05) is 17.1 Å². The summed E-state index contributed by atoms with van der Waals surface area (Å²) in [7, 11) is 0. The molecule has 0 aromatic heterocycles. The quantitative estimate of drug-likeness (QED) is 0.747. The molecule has 0 fully saturated rings. The van der Waals surface area contributed by atoms with Gasteiger partial charge in [-0.25, -0.2) is 4.39 Å². The van der Waals surface area contributed by atoms with Gasteiger partial charge in [0.1, 0.15) is 5.82 Å². The smallest absolute Gasteiger partial charge is 0.221 e. The summed E-state index contributed by atoms with van der Waals surface area (Å²) < 4.78 is 12.7. The van der Waals surface area contributed by atoms with E-state index in [4.69, 9.17) is 5.11 Å². The van der Waals surface area contributed by atoms with Crippen molar-refractivity contribution in [2.45, 2.75) is 30.7 Å². The first-order valence-corrected chi connectivity index (χ1v) is 6.92. The molecule has 1 atom stereocenters. The van der Waals surface area contributed by atoms with E-state index < -0.39 is 0 Å². The highest BCUT2D eigenvalue weighted by atomic mass is 32.2. The lowest BCUT2D eigenvalue weighted by atomic mass is 10.2. The van der Waals surface area contributed by atoms with E-state index >= 15 is 0 Å². The van der Waals surface area contributed by atoms with E-state index in [9.17, 15) is 9.18 Å². The first kappa shape index (κ1) is 15.0. The molecule has 0 aliphatic heterocycles. The number of aliphatic hydroxyl groups excluding tert-OH is 1. The predicted molar refractivity (Wildman–Crippen MR) is 71.0 cm³/mol. The molecule has 5 heteroatoms. The summed E-state index contributed by atoms with van der Waals surface area (Å²) >= 11 is 1.51. The highest BCUT2D eigenvalue weighted by molar-refractivity contribution is 7.99. The number of nitrogens with one attached hydrogen (secondary N) is 1. The Morgan fingerprint density at radius 2 is 2.11 bits per heavy atom. The maximum Gasteiger partial charge on any atom is 0.221 e. The Morgan fingerprint density at radius 3 is 2.67 bits per heavy atom. The maximum absolute atomic E-state index is 12.7. The molecule has 2 N–H and O–H groups in total. The van der Waals surface area contributed by atoms with Crippen molar-refractivity contribution < 1.29 is 14.3 Å². The van der Waals surface area contributed by atoms with Crippen molar-refractivity contribution in [2.24, 2.45) is 0 Å². The summed E-state index contributed by atoms with van der Waals surface area (Å²) in [6, 6.07) is 6.04. The minimum Gasteiger partial charge on any atom is -0.394 e. The van der Waals surface area contributed by atoms with Crippen LogP contribution in [0.5, 0.6) is 0 Å². The molecule has 0 radical (unpaired) electrons. The normalized spacial score (nSPS) is 12.2. The molecule has 1 rings (SSSR count). The van der Waals surface area contributed by atoms with Crippen LogP contribution >= 0.6 is 11.8 Å². The summed E-state index contributed by atoms with van der Waals surface area (Å²) in [4.78, 5) is 12.5. The van der Waals surface area contributed by atoms with Gasteiger partial charge in [0.15, 0.2) is 0 Å². The topological polar surface area (TPSA) is 49.3 Å². The second kappa shape index (κ2) is 8.11. The lowest BCUT2D eigenvalue weighted by Gasteiger charge is -2.13. The van der Waals surface area contributed by atoms with Gasteiger partial charge in [0.25, 0.3) is 0 Å². The zero-order chi connectivity index (χ0) is 13.4. The van der Waals surface area contributed by atoms with Gasteiger partial charge in [0.2, 0.25) is 5.91 Å². The van der Waals surface area contributed by atoms with Crippen LogP contribution in [0.15, 0.2) is 29.2 Å². The number of rotatable bonds is 7. The van der Waals surface area contributed by atoms with E-state index in [0.29, 0.717) is 18.6 Å². The number of amides is 1. The number of hydrogen-bond acceptors (Lipinski definition) is 3. The summed E-state index contributed by atoms with van der Waals surface area (Å²) in [6.45, 7) is 1.88. The molecule has 18 heavy (non-hydrogen) atoms. The predicted octanol–water partition coefficient (Wildman–Crippen LogP) is 2.20. The van der Waals surface area contributed by atoms with Gasteiger partial charge in [-0.3, -0.25) is 4.79 Å². The summed E-state index contributed by atoms with van der Waals surface area (Å²) in [6.07, 6.45) is 1.10. The fraction of sp³-hybridized carbons (Fsp3) is 0.462. The zero-order valence-corrected chi connectivity index (χ0v) is 11.2. The van der Waals surface area contributed by atoms with Crippen molar-refractivity contribution in [3.63, 3.8) is 0 Å². The summed E-state index contributed by atoms with van der Waals surface area (Å²) in [5.74, 6) is 0.315. The third kappa shape index (κ3) is 5.51. The molecule has 0 aliphatic rings. The van der Waals surface area contributed by atoms with Gasteiger partial charge in [-0.2, -0.15) is 0 Å². The van der Waals surface area contributed by atoms with Crippen LogP contribution in [0, 0.1) is 5.82 Å². The molecule has 1 aromatic carbocycles. The Morgan fingerprint density at radius 1 is 1.44 bits per heavy atom. The number of aliphatic hydroxyl groups is 1. The molecule has 1 aromatic rings. The fourth-order valence-electron chi connectivity index (χ4n) is 1.37. The first-order valence-electron chi connectivity index (χ1n) is 5.94. The molecule has 100 valence electrons. The second-order valence-corrected chi connectivity index (χ2v) is 5.08. The Labute approximate surface area is 111 Å². The largest absolute Gasteiger partial charge is 0.394 e. The van der Waals surface area contributed by atoms with E-state index in [2.05, 4.69) is 5.32 Å². The second-order valence-electron chi connectivity index (χ2n) is 3.91. The van der Waals surface area contributed by atoms with Crippen molar-refractivity contribution in [1.29, 1.82) is 0 Å². The number of halogens is 1. The highest BCUT2D eigenvalue weighted by Gasteiger charge is 2.08. The van der Waals surface area contributed by atoms with Crippen LogP contribution in [-0.2, 0) is 4.79 Å². The molecular formula is C13H18FNO2S. The Balaban J connectivity index is 2.25. The number of thioether (sulfide) groups is 1. The van der Waals surface area contributed by atoms with E-state index in [1.165, 1.54) is 23.9 Å². The van der Waals surface area contributed by atoms with E-state index in [1.807, 2.05) is 6.92 Å². The van der Waals surface area contributed by atoms with Gasteiger partial charge in [-0.15, -0.1) is 11.8 Å². The molecule has 0 spiro atoms. The third-order valence-electron chi connectivity index (χ3n) is 2.49.